The van der Waals surface area contributed by atoms with Gasteiger partial charge in [0.25, 0.3) is 0 Å². The molecule has 0 aliphatic heterocycles. The van der Waals surface area contributed by atoms with Crippen molar-refractivity contribution in [3.8, 4) is 0 Å². The van der Waals surface area contributed by atoms with Crippen LogP contribution in [0.2, 0.25) is 0 Å². The van der Waals surface area contributed by atoms with Crippen LogP contribution in [0, 0.1) is 5.41 Å². The normalized spacial score (nSPS) is 12.7. The fraction of sp³-hybridized carbons (Fsp3) is 0.353. The van der Waals surface area contributed by atoms with Crippen LogP contribution in [0.1, 0.15) is 39.2 Å². The Morgan fingerprint density at radius 2 is 1.95 bits per heavy atom. The number of hydrogen-bond donors (Lipinski definition) is 0. The van der Waals surface area contributed by atoms with Gasteiger partial charge in [0.2, 0.25) is 0 Å². The highest BCUT2D eigenvalue weighted by atomic mass is 15.0. The van der Waals surface area contributed by atoms with Crippen LogP contribution in [0.3, 0.4) is 0 Å². The van der Waals surface area contributed by atoms with Crippen LogP contribution in [0.25, 0.3) is 11.8 Å². The summed E-state index contributed by atoms with van der Waals surface area (Å²) >= 11 is 0. The number of imidazole rings is 1. The smallest absolute Gasteiger partial charge is 0.0986 e. The molecule has 2 rings (SSSR count). The molecule has 1 aromatic carbocycles. The Hall–Kier alpha value is -1.83. The first-order valence-corrected chi connectivity index (χ1v) is 6.78. The third kappa shape index (κ3) is 4.40. The monoisotopic (exact) mass is 254 g/mol. The quantitative estimate of drug-likeness (QED) is 0.772. The third-order valence-electron chi connectivity index (χ3n) is 3.12. The Labute approximate surface area is 115 Å². The van der Waals surface area contributed by atoms with E-state index in [9.17, 15) is 0 Å². The zero-order chi connectivity index (χ0) is 13.7. The first kappa shape index (κ1) is 13.6. The van der Waals surface area contributed by atoms with E-state index in [0.29, 0.717) is 5.41 Å². The molecule has 2 nitrogen and oxygen atoms in total. The summed E-state index contributed by atoms with van der Waals surface area (Å²) in [4.78, 5) is 4.10. The van der Waals surface area contributed by atoms with Crippen molar-refractivity contribution in [3.05, 3.63) is 54.6 Å². The molecule has 0 saturated heterocycles. The summed E-state index contributed by atoms with van der Waals surface area (Å²) < 4.78 is 2.02. The van der Waals surface area contributed by atoms with Gasteiger partial charge in [0, 0.05) is 18.6 Å². The predicted octanol–water partition coefficient (Wildman–Crippen LogP) is 4.71. The lowest BCUT2D eigenvalue weighted by molar-refractivity contribution is 0.384. The molecular weight excluding hydrogens is 232 g/mol. The largest absolute Gasteiger partial charge is 0.313 e. The van der Waals surface area contributed by atoms with Gasteiger partial charge < -0.3 is 4.57 Å². The van der Waals surface area contributed by atoms with E-state index < -0.39 is 0 Å². The minimum atomic E-state index is 0.350. The van der Waals surface area contributed by atoms with Gasteiger partial charge in [-0.2, -0.15) is 0 Å². The predicted molar refractivity (Wildman–Crippen MR) is 81.5 cm³/mol. The lowest BCUT2D eigenvalue weighted by Gasteiger charge is -2.19. The molecule has 0 atom stereocenters. The number of aromatic nitrogens is 2. The maximum absolute atomic E-state index is 4.10. The van der Waals surface area contributed by atoms with Crippen molar-refractivity contribution in [1.29, 1.82) is 0 Å². The minimum Gasteiger partial charge on any atom is -0.313 e. The summed E-state index contributed by atoms with van der Waals surface area (Å²) in [5.41, 5.74) is 3.00. The van der Waals surface area contributed by atoms with Crippen LogP contribution in [0.5, 0.6) is 0 Å². The van der Waals surface area contributed by atoms with Gasteiger partial charge in [0.15, 0.2) is 0 Å². The van der Waals surface area contributed by atoms with Crippen molar-refractivity contribution >= 4 is 11.8 Å². The highest BCUT2D eigenvalue weighted by molar-refractivity contribution is 5.75. The molecule has 0 N–H and O–H groups in total. The molecule has 0 spiro atoms. The van der Waals surface area contributed by atoms with E-state index in [1.165, 1.54) is 17.6 Å². The van der Waals surface area contributed by atoms with Crippen molar-refractivity contribution < 1.29 is 0 Å². The Morgan fingerprint density at radius 3 is 2.53 bits per heavy atom. The van der Waals surface area contributed by atoms with Crippen LogP contribution in [-0.4, -0.2) is 9.55 Å². The Balaban J connectivity index is 2.24. The molecule has 0 bridgehead atoms. The first-order chi connectivity index (χ1) is 9.04. The summed E-state index contributed by atoms with van der Waals surface area (Å²) in [7, 11) is 0. The van der Waals surface area contributed by atoms with Crippen molar-refractivity contribution in [2.24, 2.45) is 5.41 Å². The maximum Gasteiger partial charge on any atom is 0.0986 e. The number of rotatable bonds is 4. The number of hydrogen-bond acceptors (Lipinski definition) is 1. The van der Waals surface area contributed by atoms with Crippen LogP contribution >= 0.6 is 0 Å². The molecule has 0 unspecified atom stereocenters. The second kappa shape index (κ2) is 5.87. The van der Waals surface area contributed by atoms with Crippen LogP contribution in [0.15, 0.2) is 49.1 Å². The van der Waals surface area contributed by atoms with Crippen LogP contribution in [0.4, 0.5) is 0 Å². The second-order valence-electron chi connectivity index (χ2n) is 6.09. The highest BCUT2D eigenvalue weighted by Crippen LogP contribution is 2.28. The molecule has 0 aliphatic carbocycles. The molecule has 1 heterocycles. The molecule has 0 fully saturated rings. The molecule has 1 aromatic heterocycles. The van der Waals surface area contributed by atoms with Crippen LogP contribution in [-0.2, 0) is 0 Å². The standard InChI is InChI=1S/C17H22N2/c1-17(2,3)10-9-16(13-19-12-11-18-14-19)15-7-5-4-6-8-15/h4-8,11-14H,9-10H2,1-3H3. The van der Waals surface area contributed by atoms with E-state index >= 15 is 0 Å². The van der Waals surface area contributed by atoms with E-state index in [1.807, 2.05) is 23.3 Å². The van der Waals surface area contributed by atoms with Gasteiger partial charge in [-0.05, 0) is 29.4 Å². The van der Waals surface area contributed by atoms with Crippen molar-refractivity contribution in [1.82, 2.24) is 9.55 Å². The van der Waals surface area contributed by atoms with Gasteiger partial charge in [-0.3, -0.25) is 0 Å². The van der Waals surface area contributed by atoms with Gasteiger partial charge in [0.1, 0.15) is 0 Å². The lowest BCUT2D eigenvalue weighted by Crippen LogP contribution is -2.05. The first-order valence-electron chi connectivity index (χ1n) is 6.78. The Morgan fingerprint density at radius 1 is 1.21 bits per heavy atom. The highest BCUT2D eigenvalue weighted by Gasteiger charge is 2.12. The zero-order valence-electron chi connectivity index (χ0n) is 12.0. The van der Waals surface area contributed by atoms with Crippen molar-refractivity contribution in [2.45, 2.75) is 33.6 Å². The number of benzene rings is 1. The fourth-order valence-electron chi connectivity index (χ4n) is 1.97. The summed E-state index contributed by atoms with van der Waals surface area (Å²) in [5, 5.41) is 0. The lowest BCUT2D eigenvalue weighted by atomic mass is 9.87. The van der Waals surface area contributed by atoms with Crippen LogP contribution < -0.4 is 0 Å². The number of nitrogens with zero attached hydrogens (tertiary/aromatic N) is 2. The zero-order valence-corrected chi connectivity index (χ0v) is 12.0. The molecule has 2 aromatic rings. The van der Waals surface area contributed by atoms with E-state index in [4.69, 9.17) is 0 Å². The summed E-state index contributed by atoms with van der Waals surface area (Å²) in [6, 6.07) is 10.6. The molecule has 0 radical (unpaired) electrons. The third-order valence-corrected chi connectivity index (χ3v) is 3.12. The minimum absolute atomic E-state index is 0.350. The van der Waals surface area contributed by atoms with Gasteiger partial charge in [-0.1, -0.05) is 51.1 Å². The summed E-state index contributed by atoms with van der Waals surface area (Å²) in [6.45, 7) is 6.85. The van der Waals surface area contributed by atoms with Gasteiger partial charge in [0.05, 0.1) is 6.33 Å². The Bertz CT molecular complexity index is 516. The number of allylic oxidation sites excluding steroid dienone is 1. The average Bonchev–Trinajstić information content (AvgIpc) is 2.87. The molecule has 100 valence electrons. The molecule has 19 heavy (non-hydrogen) atoms. The second-order valence-corrected chi connectivity index (χ2v) is 6.09. The topological polar surface area (TPSA) is 17.8 Å². The summed E-state index contributed by atoms with van der Waals surface area (Å²) in [6.07, 6.45) is 10.0. The molecular formula is C17H22N2. The van der Waals surface area contributed by atoms with Crippen molar-refractivity contribution in [2.75, 3.05) is 0 Å². The molecule has 0 amide bonds. The van der Waals surface area contributed by atoms with Gasteiger partial charge in [-0.25, -0.2) is 4.98 Å². The summed E-state index contributed by atoms with van der Waals surface area (Å²) in [5.74, 6) is 0. The van der Waals surface area contributed by atoms with Gasteiger partial charge in [-0.15, -0.1) is 0 Å². The fourth-order valence-corrected chi connectivity index (χ4v) is 1.97. The van der Waals surface area contributed by atoms with Gasteiger partial charge >= 0.3 is 0 Å². The molecule has 0 saturated carbocycles. The SMILES string of the molecule is CC(C)(C)CCC(=Cn1ccnc1)c1ccccc1. The maximum atomic E-state index is 4.10. The van der Waals surface area contributed by atoms with Crippen molar-refractivity contribution in [3.63, 3.8) is 0 Å². The van der Waals surface area contributed by atoms with E-state index in [0.717, 1.165) is 6.42 Å². The van der Waals surface area contributed by atoms with E-state index in [1.54, 1.807) is 0 Å². The Kier molecular flexibility index (Phi) is 4.20. The molecule has 0 aliphatic rings. The van der Waals surface area contributed by atoms with E-state index in [2.05, 4.69) is 62.3 Å². The average molecular weight is 254 g/mol. The van der Waals surface area contributed by atoms with E-state index in [-0.39, 0.29) is 0 Å². The molecule has 2 heteroatoms.